The highest BCUT2D eigenvalue weighted by Crippen LogP contribution is 2.14. The van der Waals surface area contributed by atoms with E-state index < -0.39 is 0 Å². The van der Waals surface area contributed by atoms with Crippen molar-refractivity contribution in [2.45, 2.75) is 39.3 Å². The van der Waals surface area contributed by atoms with Crippen LogP contribution in [0.4, 0.5) is 4.39 Å². The van der Waals surface area contributed by atoms with Gasteiger partial charge < -0.3 is 0 Å². The van der Waals surface area contributed by atoms with E-state index in [1.54, 1.807) is 12.1 Å². The van der Waals surface area contributed by atoms with Crippen LogP contribution in [-0.4, -0.2) is 22.8 Å². The lowest BCUT2D eigenvalue weighted by Crippen LogP contribution is -2.35. The van der Waals surface area contributed by atoms with E-state index in [0.717, 1.165) is 36.8 Å². The van der Waals surface area contributed by atoms with E-state index in [9.17, 15) is 4.39 Å². The van der Waals surface area contributed by atoms with Gasteiger partial charge in [0.1, 0.15) is 5.82 Å². The first-order valence-electron chi connectivity index (χ1n) is 6.25. The highest BCUT2D eigenvalue weighted by Gasteiger charge is 2.14. The quantitative estimate of drug-likeness (QED) is 0.682. The van der Waals surface area contributed by atoms with Crippen LogP contribution in [0, 0.1) is 5.82 Å². The van der Waals surface area contributed by atoms with Crippen molar-refractivity contribution in [2.24, 2.45) is 0 Å². The van der Waals surface area contributed by atoms with Gasteiger partial charge in [0.25, 0.3) is 0 Å². The lowest BCUT2D eigenvalue weighted by molar-refractivity contribution is 0.189. The molecule has 1 nitrogen and oxygen atoms in total. The Bertz CT molecular complexity index is 326. The molecule has 0 atom stereocenters. The SMILES string of the molecule is CCC(CC)N(CCBr)Cc1cccc(F)c1. The molecule has 0 amide bonds. The van der Waals surface area contributed by atoms with Crippen LogP contribution in [-0.2, 0) is 6.54 Å². The average Bonchev–Trinajstić information content (AvgIpc) is 2.31. The van der Waals surface area contributed by atoms with E-state index in [1.807, 2.05) is 6.07 Å². The van der Waals surface area contributed by atoms with Crippen LogP contribution in [0.15, 0.2) is 24.3 Å². The summed E-state index contributed by atoms with van der Waals surface area (Å²) in [6, 6.07) is 7.48. The molecule has 0 aromatic heterocycles. The van der Waals surface area contributed by atoms with Crippen molar-refractivity contribution >= 4 is 15.9 Å². The molecule has 96 valence electrons. The van der Waals surface area contributed by atoms with Crippen LogP contribution in [0.2, 0.25) is 0 Å². The van der Waals surface area contributed by atoms with Crippen molar-refractivity contribution < 1.29 is 4.39 Å². The van der Waals surface area contributed by atoms with Gasteiger partial charge in [-0.25, -0.2) is 4.39 Å². The Morgan fingerprint density at radius 1 is 1.29 bits per heavy atom. The molecular weight excluding hydrogens is 281 g/mol. The zero-order valence-electron chi connectivity index (χ0n) is 10.6. The van der Waals surface area contributed by atoms with Crippen molar-refractivity contribution in [3.63, 3.8) is 0 Å². The van der Waals surface area contributed by atoms with E-state index in [-0.39, 0.29) is 5.82 Å². The predicted octanol–water partition coefficient (Wildman–Crippen LogP) is 4.21. The summed E-state index contributed by atoms with van der Waals surface area (Å²) < 4.78 is 13.1. The average molecular weight is 302 g/mol. The van der Waals surface area contributed by atoms with E-state index in [4.69, 9.17) is 0 Å². The van der Waals surface area contributed by atoms with Crippen molar-refractivity contribution in [3.8, 4) is 0 Å². The summed E-state index contributed by atoms with van der Waals surface area (Å²) in [7, 11) is 0. The van der Waals surface area contributed by atoms with E-state index in [1.165, 1.54) is 6.07 Å². The lowest BCUT2D eigenvalue weighted by Gasteiger charge is -2.29. The topological polar surface area (TPSA) is 3.24 Å². The minimum absolute atomic E-state index is 0.147. The normalized spacial score (nSPS) is 11.4. The zero-order valence-corrected chi connectivity index (χ0v) is 12.2. The third-order valence-corrected chi connectivity index (χ3v) is 3.46. The maximum Gasteiger partial charge on any atom is 0.123 e. The molecule has 0 aliphatic carbocycles. The van der Waals surface area contributed by atoms with Crippen LogP contribution < -0.4 is 0 Å². The molecule has 17 heavy (non-hydrogen) atoms. The second kappa shape index (κ2) is 7.83. The molecular formula is C14H21BrFN. The molecule has 0 heterocycles. The van der Waals surface area contributed by atoms with Gasteiger partial charge in [0.2, 0.25) is 0 Å². The van der Waals surface area contributed by atoms with Crippen LogP contribution in [0.3, 0.4) is 0 Å². The molecule has 1 aromatic rings. The second-order valence-corrected chi connectivity index (χ2v) is 5.05. The number of benzene rings is 1. The Morgan fingerprint density at radius 2 is 2.00 bits per heavy atom. The highest BCUT2D eigenvalue weighted by molar-refractivity contribution is 9.09. The Labute approximate surface area is 112 Å². The molecule has 0 saturated heterocycles. The van der Waals surface area contributed by atoms with Gasteiger partial charge in [-0.3, -0.25) is 4.90 Å². The predicted molar refractivity (Wildman–Crippen MR) is 75.0 cm³/mol. The molecule has 0 unspecified atom stereocenters. The number of hydrogen-bond acceptors (Lipinski definition) is 1. The first-order chi connectivity index (χ1) is 8.21. The van der Waals surface area contributed by atoms with Crippen LogP contribution >= 0.6 is 15.9 Å². The summed E-state index contributed by atoms with van der Waals surface area (Å²) in [5.74, 6) is -0.147. The molecule has 3 heteroatoms. The Morgan fingerprint density at radius 3 is 2.53 bits per heavy atom. The van der Waals surface area contributed by atoms with Crippen molar-refractivity contribution in [2.75, 3.05) is 11.9 Å². The van der Waals surface area contributed by atoms with Crippen molar-refractivity contribution in [3.05, 3.63) is 35.6 Å². The molecule has 0 aliphatic rings. The number of alkyl halides is 1. The highest BCUT2D eigenvalue weighted by atomic mass is 79.9. The summed E-state index contributed by atoms with van der Waals surface area (Å²) in [6.07, 6.45) is 2.28. The fraction of sp³-hybridized carbons (Fsp3) is 0.571. The summed E-state index contributed by atoms with van der Waals surface area (Å²) >= 11 is 3.49. The largest absolute Gasteiger partial charge is 0.295 e. The van der Waals surface area contributed by atoms with E-state index in [2.05, 4.69) is 34.7 Å². The number of hydrogen-bond donors (Lipinski definition) is 0. The summed E-state index contributed by atoms with van der Waals surface area (Å²) in [5, 5.41) is 0.957. The molecule has 0 bridgehead atoms. The first kappa shape index (κ1) is 14.7. The van der Waals surface area contributed by atoms with Gasteiger partial charge in [-0.2, -0.15) is 0 Å². The number of halogens is 2. The fourth-order valence-electron chi connectivity index (χ4n) is 2.17. The molecule has 0 N–H and O–H groups in total. The van der Waals surface area contributed by atoms with Crippen molar-refractivity contribution in [1.29, 1.82) is 0 Å². The van der Waals surface area contributed by atoms with Gasteiger partial charge in [-0.15, -0.1) is 0 Å². The number of rotatable bonds is 7. The summed E-state index contributed by atoms with van der Waals surface area (Å²) in [5.41, 5.74) is 1.05. The Balaban J connectivity index is 2.71. The van der Waals surface area contributed by atoms with Gasteiger partial charge in [-0.1, -0.05) is 41.9 Å². The van der Waals surface area contributed by atoms with Crippen LogP contribution in [0.25, 0.3) is 0 Å². The first-order valence-corrected chi connectivity index (χ1v) is 7.37. The molecule has 0 aliphatic heterocycles. The molecule has 0 saturated carbocycles. The fourth-order valence-corrected chi connectivity index (χ4v) is 2.63. The summed E-state index contributed by atoms with van der Waals surface area (Å²) in [4.78, 5) is 2.42. The van der Waals surface area contributed by atoms with E-state index in [0.29, 0.717) is 6.04 Å². The molecule has 0 spiro atoms. The summed E-state index contributed by atoms with van der Waals surface area (Å²) in [6.45, 7) is 6.25. The maximum atomic E-state index is 13.1. The van der Waals surface area contributed by atoms with Crippen molar-refractivity contribution in [1.82, 2.24) is 4.90 Å². The maximum absolute atomic E-state index is 13.1. The minimum Gasteiger partial charge on any atom is -0.295 e. The Kier molecular flexibility index (Phi) is 6.75. The zero-order chi connectivity index (χ0) is 12.7. The molecule has 1 rings (SSSR count). The molecule has 0 radical (unpaired) electrons. The van der Waals surface area contributed by atoms with Gasteiger partial charge >= 0.3 is 0 Å². The van der Waals surface area contributed by atoms with Gasteiger partial charge in [0.15, 0.2) is 0 Å². The third kappa shape index (κ3) is 4.76. The second-order valence-electron chi connectivity index (χ2n) is 4.26. The van der Waals surface area contributed by atoms with Gasteiger partial charge in [0, 0.05) is 24.5 Å². The molecule has 0 fully saturated rings. The van der Waals surface area contributed by atoms with E-state index >= 15 is 0 Å². The lowest BCUT2D eigenvalue weighted by atomic mass is 10.1. The third-order valence-electron chi connectivity index (χ3n) is 3.11. The Hall–Kier alpha value is -0.410. The monoisotopic (exact) mass is 301 g/mol. The molecule has 1 aromatic carbocycles. The van der Waals surface area contributed by atoms with Gasteiger partial charge in [-0.05, 0) is 30.5 Å². The van der Waals surface area contributed by atoms with Gasteiger partial charge in [0.05, 0.1) is 0 Å². The number of nitrogens with zero attached hydrogens (tertiary/aromatic N) is 1. The smallest absolute Gasteiger partial charge is 0.123 e. The standard InChI is InChI=1S/C14H21BrFN/c1-3-14(4-2)17(9-8-15)11-12-6-5-7-13(16)10-12/h5-7,10,14H,3-4,8-9,11H2,1-2H3. The van der Waals surface area contributed by atoms with Crippen LogP contribution in [0.1, 0.15) is 32.3 Å². The minimum atomic E-state index is -0.147. The van der Waals surface area contributed by atoms with Crippen LogP contribution in [0.5, 0.6) is 0 Å².